The molecule has 1 N–H and O–H groups in total. The van der Waals surface area contributed by atoms with Crippen molar-refractivity contribution in [2.24, 2.45) is 0 Å². The molecule has 0 aliphatic heterocycles. The van der Waals surface area contributed by atoms with Crippen LogP contribution in [0, 0.1) is 13.8 Å². The predicted molar refractivity (Wildman–Crippen MR) is 69.0 cm³/mol. The fourth-order valence-corrected chi connectivity index (χ4v) is 1.77. The molecule has 0 atom stereocenters. The molecule has 0 amide bonds. The molecule has 1 aromatic rings. The van der Waals surface area contributed by atoms with Crippen LogP contribution in [0.25, 0.3) is 0 Å². The molecule has 0 radical (unpaired) electrons. The van der Waals surface area contributed by atoms with Crippen LogP contribution in [-0.4, -0.2) is 29.1 Å². The second-order valence-electron chi connectivity index (χ2n) is 4.28. The number of nitrogens with zero attached hydrogens (tertiary/aromatic N) is 1. The number of hydrogen-bond donors (Lipinski definition) is 1. The maximum absolute atomic E-state index is 10.8. The second-order valence-corrected chi connectivity index (χ2v) is 4.28. The van der Waals surface area contributed by atoms with Crippen molar-refractivity contribution in [1.82, 2.24) is 4.90 Å². The quantitative estimate of drug-likeness (QED) is 0.767. The highest BCUT2D eigenvalue weighted by Crippen LogP contribution is 2.13. The summed E-state index contributed by atoms with van der Waals surface area (Å²) >= 11 is 0. The molecule has 0 spiro atoms. The molecule has 0 fully saturated rings. The number of aliphatic carboxylic acids is 1. The average Bonchev–Trinajstić information content (AvgIpc) is 2.23. The van der Waals surface area contributed by atoms with Crippen molar-refractivity contribution in [2.45, 2.75) is 20.4 Å². The third-order valence-corrected chi connectivity index (χ3v) is 2.64. The van der Waals surface area contributed by atoms with E-state index in [1.807, 2.05) is 18.7 Å². The number of carboxylic acid groups (broad SMARTS) is 1. The standard InChI is InChI=1S/C14H19NO2/c1-4-7-15(10-14(16)17)9-13-8-11(2)5-6-12(13)3/h4-6,8H,1,7,9-10H2,2-3H3,(H,16,17). The van der Waals surface area contributed by atoms with Crippen LogP contribution in [0.5, 0.6) is 0 Å². The summed E-state index contributed by atoms with van der Waals surface area (Å²) in [6.45, 7) is 9.01. The Labute approximate surface area is 102 Å². The second kappa shape index (κ2) is 6.21. The highest BCUT2D eigenvalue weighted by atomic mass is 16.4. The van der Waals surface area contributed by atoms with Crippen LogP contribution >= 0.6 is 0 Å². The van der Waals surface area contributed by atoms with Crippen molar-refractivity contribution in [1.29, 1.82) is 0 Å². The normalized spacial score (nSPS) is 10.5. The van der Waals surface area contributed by atoms with Crippen LogP contribution < -0.4 is 0 Å². The van der Waals surface area contributed by atoms with Crippen molar-refractivity contribution >= 4 is 5.97 Å². The van der Waals surface area contributed by atoms with Gasteiger partial charge in [0.25, 0.3) is 0 Å². The lowest BCUT2D eigenvalue weighted by Gasteiger charge is -2.19. The van der Waals surface area contributed by atoms with Gasteiger partial charge >= 0.3 is 5.97 Å². The number of aryl methyl sites for hydroxylation is 2. The molecule has 1 rings (SSSR count). The Morgan fingerprint density at radius 2 is 2.18 bits per heavy atom. The molecule has 3 heteroatoms. The van der Waals surface area contributed by atoms with E-state index in [0.29, 0.717) is 13.1 Å². The largest absolute Gasteiger partial charge is 0.480 e. The summed E-state index contributed by atoms with van der Waals surface area (Å²) in [6.07, 6.45) is 1.73. The smallest absolute Gasteiger partial charge is 0.317 e. The lowest BCUT2D eigenvalue weighted by atomic mass is 10.1. The summed E-state index contributed by atoms with van der Waals surface area (Å²) < 4.78 is 0. The van der Waals surface area contributed by atoms with Crippen molar-refractivity contribution in [2.75, 3.05) is 13.1 Å². The maximum Gasteiger partial charge on any atom is 0.317 e. The first-order chi connectivity index (χ1) is 8.02. The van der Waals surface area contributed by atoms with Crippen LogP contribution in [0.2, 0.25) is 0 Å². The summed E-state index contributed by atoms with van der Waals surface area (Å²) in [5.74, 6) is -0.808. The summed E-state index contributed by atoms with van der Waals surface area (Å²) in [4.78, 5) is 12.6. The first-order valence-corrected chi connectivity index (χ1v) is 5.64. The minimum absolute atomic E-state index is 0.0411. The van der Waals surface area contributed by atoms with E-state index in [9.17, 15) is 4.79 Å². The number of rotatable bonds is 6. The molecule has 92 valence electrons. The van der Waals surface area contributed by atoms with Gasteiger partial charge < -0.3 is 5.11 Å². The Kier molecular flexibility index (Phi) is 4.91. The SMILES string of the molecule is C=CCN(CC(=O)O)Cc1cc(C)ccc1C. The molecule has 17 heavy (non-hydrogen) atoms. The topological polar surface area (TPSA) is 40.5 Å². The summed E-state index contributed by atoms with van der Waals surface area (Å²) in [7, 11) is 0. The van der Waals surface area contributed by atoms with E-state index in [1.165, 1.54) is 16.7 Å². The van der Waals surface area contributed by atoms with E-state index in [4.69, 9.17) is 5.11 Å². The zero-order valence-corrected chi connectivity index (χ0v) is 10.4. The van der Waals surface area contributed by atoms with E-state index in [-0.39, 0.29) is 6.54 Å². The van der Waals surface area contributed by atoms with Crippen molar-refractivity contribution < 1.29 is 9.90 Å². The molecule has 0 bridgehead atoms. The zero-order chi connectivity index (χ0) is 12.8. The van der Waals surface area contributed by atoms with E-state index in [2.05, 4.69) is 24.8 Å². The molecule has 0 aromatic heterocycles. The highest BCUT2D eigenvalue weighted by Gasteiger charge is 2.10. The van der Waals surface area contributed by atoms with Crippen LogP contribution in [0.3, 0.4) is 0 Å². The zero-order valence-electron chi connectivity index (χ0n) is 10.4. The first kappa shape index (κ1) is 13.5. The number of carboxylic acids is 1. The molecular formula is C14H19NO2. The lowest BCUT2D eigenvalue weighted by Crippen LogP contribution is -2.29. The maximum atomic E-state index is 10.8. The Bertz CT molecular complexity index is 413. The Balaban J connectivity index is 2.80. The minimum Gasteiger partial charge on any atom is -0.480 e. The van der Waals surface area contributed by atoms with Gasteiger partial charge in [-0.15, -0.1) is 6.58 Å². The Morgan fingerprint density at radius 3 is 2.76 bits per heavy atom. The van der Waals surface area contributed by atoms with Gasteiger partial charge in [-0.25, -0.2) is 0 Å². The van der Waals surface area contributed by atoms with Crippen molar-refractivity contribution in [3.63, 3.8) is 0 Å². The average molecular weight is 233 g/mol. The number of carbonyl (C=O) groups is 1. The van der Waals surface area contributed by atoms with Gasteiger partial charge in [-0.2, -0.15) is 0 Å². The number of benzene rings is 1. The third kappa shape index (κ3) is 4.41. The monoisotopic (exact) mass is 233 g/mol. The van der Waals surface area contributed by atoms with E-state index in [1.54, 1.807) is 6.08 Å². The van der Waals surface area contributed by atoms with E-state index < -0.39 is 5.97 Å². The molecule has 0 saturated carbocycles. The molecule has 0 aliphatic rings. The van der Waals surface area contributed by atoms with Crippen LogP contribution in [0.1, 0.15) is 16.7 Å². The van der Waals surface area contributed by atoms with Gasteiger partial charge in [0, 0.05) is 13.1 Å². The van der Waals surface area contributed by atoms with Gasteiger partial charge in [0.05, 0.1) is 6.54 Å². The van der Waals surface area contributed by atoms with Crippen LogP contribution in [0.15, 0.2) is 30.9 Å². The molecule has 0 saturated heterocycles. The molecule has 0 heterocycles. The first-order valence-electron chi connectivity index (χ1n) is 5.64. The molecule has 3 nitrogen and oxygen atoms in total. The van der Waals surface area contributed by atoms with Crippen LogP contribution in [-0.2, 0) is 11.3 Å². The fraction of sp³-hybridized carbons (Fsp3) is 0.357. The minimum atomic E-state index is -0.808. The van der Waals surface area contributed by atoms with Crippen molar-refractivity contribution in [3.05, 3.63) is 47.5 Å². The Hall–Kier alpha value is -1.61. The van der Waals surface area contributed by atoms with Gasteiger partial charge in [-0.1, -0.05) is 29.8 Å². The van der Waals surface area contributed by atoms with Crippen molar-refractivity contribution in [3.8, 4) is 0 Å². The van der Waals surface area contributed by atoms with E-state index in [0.717, 1.165) is 0 Å². The van der Waals surface area contributed by atoms with Gasteiger partial charge in [-0.3, -0.25) is 9.69 Å². The van der Waals surface area contributed by atoms with Gasteiger partial charge in [0.2, 0.25) is 0 Å². The molecule has 0 aliphatic carbocycles. The highest BCUT2D eigenvalue weighted by molar-refractivity contribution is 5.69. The summed E-state index contributed by atoms with van der Waals surface area (Å²) in [6, 6.07) is 6.23. The molecular weight excluding hydrogens is 214 g/mol. The molecule has 1 aromatic carbocycles. The summed E-state index contributed by atoms with van der Waals surface area (Å²) in [5.41, 5.74) is 3.56. The van der Waals surface area contributed by atoms with Gasteiger partial charge in [0.15, 0.2) is 0 Å². The lowest BCUT2D eigenvalue weighted by molar-refractivity contribution is -0.138. The Morgan fingerprint density at radius 1 is 1.47 bits per heavy atom. The number of hydrogen-bond acceptors (Lipinski definition) is 2. The van der Waals surface area contributed by atoms with Gasteiger partial charge in [0.1, 0.15) is 0 Å². The molecule has 0 unspecified atom stereocenters. The van der Waals surface area contributed by atoms with Crippen LogP contribution in [0.4, 0.5) is 0 Å². The van der Waals surface area contributed by atoms with E-state index >= 15 is 0 Å². The predicted octanol–water partition coefficient (Wildman–Crippen LogP) is 2.38. The van der Waals surface area contributed by atoms with Gasteiger partial charge in [-0.05, 0) is 25.0 Å². The summed E-state index contributed by atoms with van der Waals surface area (Å²) in [5, 5.41) is 8.84. The third-order valence-electron chi connectivity index (χ3n) is 2.64. The fourth-order valence-electron chi connectivity index (χ4n) is 1.77.